The van der Waals surface area contributed by atoms with E-state index in [0.717, 1.165) is 7.11 Å². The van der Waals surface area contributed by atoms with E-state index in [1.165, 1.54) is 0 Å². The highest BCUT2D eigenvalue weighted by atomic mass is 19.3. The highest BCUT2D eigenvalue weighted by molar-refractivity contribution is 5.90. The molecule has 1 rings (SSSR count). The van der Waals surface area contributed by atoms with E-state index >= 15 is 0 Å². The molecule has 0 atom stereocenters. The van der Waals surface area contributed by atoms with Crippen molar-refractivity contribution < 1.29 is 22.7 Å². The van der Waals surface area contributed by atoms with E-state index in [2.05, 4.69) is 4.74 Å². The Morgan fingerprint density at radius 2 is 2.13 bits per heavy atom. The van der Waals surface area contributed by atoms with E-state index in [-0.39, 0.29) is 0 Å². The van der Waals surface area contributed by atoms with Crippen LogP contribution < -0.4 is 5.56 Å². The zero-order valence-corrected chi connectivity index (χ0v) is 7.51. The number of H-pyrrole nitrogens is 1. The second-order valence-electron chi connectivity index (χ2n) is 2.57. The lowest BCUT2D eigenvalue weighted by atomic mass is 10.1. The number of pyridine rings is 1. The third-order valence-electron chi connectivity index (χ3n) is 1.66. The Bertz CT molecular complexity index is 441. The molecule has 1 aromatic heterocycles. The first-order chi connectivity index (χ1) is 6.97. The summed E-state index contributed by atoms with van der Waals surface area (Å²) in [7, 11) is 0.931. The maximum atomic E-state index is 12.6. The number of halogens is 3. The molecule has 4 nitrogen and oxygen atoms in total. The lowest BCUT2D eigenvalue weighted by Crippen LogP contribution is -2.23. The van der Waals surface area contributed by atoms with Crippen molar-refractivity contribution in [3.63, 3.8) is 0 Å². The van der Waals surface area contributed by atoms with Crippen LogP contribution in [0.3, 0.4) is 0 Å². The third-order valence-corrected chi connectivity index (χ3v) is 1.66. The van der Waals surface area contributed by atoms with Gasteiger partial charge in [-0.2, -0.15) is 4.39 Å². The Morgan fingerprint density at radius 3 is 2.60 bits per heavy atom. The van der Waals surface area contributed by atoms with Crippen LogP contribution in [-0.4, -0.2) is 18.1 Å². The first-order valence-electron chi connectivity index (χ1n) is 3.76. The van der Waals surface area contributed by atoms with Crippen LogP contribution in [0.1, 0.15) is 22.3 Å². The molecular weight excluding hydrogens is 215 g/mol. The molecule has 0 bridgehead atoms. The van der Waals surface area contributed by atoms with Crippen molar-refractivity contribution in [3.05, 3.63) is 33.5 Å². The first kappa shape index (κ1) is 11.3. The molecule has 0 unspecified atom stereocenters. The molecule has 82 valence electrons. The maximum Gasteiger partial charge on any atom is 0.344 e. The van der Waals surface area contributed by atoms with E-state index in [0.29, 0.717) is 6.07 Å². The number of aromatic nitrogens is 1. The number of nitrogens with one attached hydrogen (secondary N) is 1. The molecule has 0 saturated carbocycles. The van der Waals surface area contributed by atoms with Crippen LogP contribution >= 0.6 is 0 Å². The summed E-state index contributed by atoms with van der Waals surface area (Å²) in [6, 6.07) is 0.387. The van der Waals surface area contributed by atoms with Gasteiger partial charge in [0.25, 0.3) is 12.0 Å². The van der Waals surface area contributed by atoms with Gasteiger partial charge in [-0.15, -0.1) is 0 Å². The summed E-state index contributed by atoms with van der Waals surface area (Å²) in [5.74, 6) is -2.46. The van der Waals surface area contributed by atoms with Gasteiger partial charge in [-0.25, -0.2) is 13.6 Å². The SMILES string of the molecule is COC(=O)c1c(C(F)F)cc(F)[nH]c1=O. The molecule has 0 amide bonds. The molecule has 7 heteroatoms. The van der Waals surface area contributed by atoms with Crippen LogP contribution in [0.15, 0.2) is 10.9 Å². The zero-order chi connectivity index (χ0) is 11.6. The van der Waals surface area contributed by atoms with E-state index in [9.17, 15) is 22.8 Å². The molecule has 1 aromatic rings. The average molecular weight is 221 g/mol. The Kier molecular flexibility index (Phi) is 3.13. The summed E-state index contributed by atoms with van der Waals surface area (Å²) in [6.45, 7) is 0. The van der Waals surface area contributed by atoms with Gasteiger partial charge in [-0.1, -0.05) is 0 Å². The number of esters is 1. The minimum atomic E-state index is -3.13. The van der Waals surface area contributed by atoms with E-state index in [1.807, 2.05) is 0 Å². The van der Waals surface area contributed by atoms with Crippen molar-refractivity contribution >= 4 is 5.97 Å². The predicted octanol–water partition coefficient (Wildman–Crippen LogP) is 1.24. The van der Waals surface area contributed by atoms with E-state index in [4.69, 9.17) is 0 Å². The minimum absolute atomic E-state index is 0.387. The van der Waals surface area contributed by atoms with Crippen molar-refractivity contribution in [2.75, 3.05) is 7.11 Å². The normalized spacial score (nSPS) is 10.5. The summed E-state index contributed by atoms with van der Waals surface area (Å²) in [5, 5.41) is 0. The van der Waals surface area contributed by atoms with Crippen molar-refractivity contribution in [1.82, 2.24) is 4.98 Å². The summed E-state index contributed by atoms with van der Waals surface area (Å²) < 4.78 is 41.4. The lowest BCUT2D eigenvalue weighted by molar-refractivity contribution is 0.0586. The van der Waals surface area contributed by atoms with E-state index in [1.54, 1.807) is 4.98 Å². The second-order valence-corrected chi connectivity index (χ2v) is 2.57. The van der Waals surface area contributed by atoms with Crippen molar-refractivity contribution in [3.8, 4) is 0 Å². The van der Waals surface area contributed by atoms with Gasteiger partial charge in [-0.05, 0) is 0 Å². The molecule has 0 radical (unpaired) electrons. The number of rotatable bonds is 2. The largest absolute Gasteiger partial charge is 0.465 e. The highest BCUT2D eigenvalue weighted by Crippen LogP contribution is 2.21. The van der Waals surface area contributed by atoms with Crippen molar-refractivity contribution in [1.29, 1.82) is 0 Å². The quantitative estimate of drug-likeness (QED) is 0.603. The number of alkyl halides is 2. The average Bonchev–Trinajstić information content (AvgIpc) is 2.15. The second kappa shape index (κ2) is 4.16. The molecule has 0 fully saturated rings. The smallest absolute Gasteiger partial charge is 0.344 e. The number of carbonyl (C=O) groups excluding carboxylic acids is 1. The van der Waals surface area contributed by atoms with Crippen molar-refractivity contribution in [2.24, 2.45) is 0 Å². The number of carbonyl (C=O) groups is 1. The predicted molar refractivity (Wildman–Crippen MR) is 43.3 cm³/mol. The molecule has 1 heterocycles. The van der Waals surface area contributed by atoms with E-state index < -0.39 is 35.0 Å². The van der Waals surface area contributed by atoms with Gasteiger partial charge in [0.05, 0.1) is 7.11 Å². The van der Waals surface area contributed by atoms with Gasteiger partial charge in [0.1, 0.15) is 5.56 Å². The molecule has 1 N–H and O–H groups in total. The highest BCUT2D eigenvalue weighted by Gasteiger charge is 2.23. The Morgan fingerprint density at radius 1 is 1.53 bits per heavy atom. The lowest BCUT2D eigenvalue weighted by Gasteiger charge is -2.05. The molecular formula is C8H6F3NO3. The topological polar surface area (TPSA) is 59.2 Å². The first-order valence-corrected chi connectivity index (χ1v) is 3.76. The van der Waals surface area contributed by atoms with Gasteiger partial charge in [0, 0.05) is 11.6 Å². The summed E-state index contributed by atoms with van der Waals surface area (Å²) in [5.41, 5.74) is -3.10. The number of hydrogen-bond donors (Lipinski definition) is 1. The zero-order valence-electron chi connectivity index (χ0n) is 7.51. The van der Waals surface area contributed by atoms with Crippen LogP contribution in [0.4, 0.5) is 13.2 Å². The fourth-order valence-corrected chi connectivity index (χ4v) is 1.03. The van der Waals surface area contributed by atoms with Gasteiger partial charge >= 0.3 is 5.97 Å². The molecule has 0 saturated heterocycles. The summed E-state index contributed by atoms with van der Waals surface area (Å²) in [4.78, 5) is 23.6. The minimum Gasteiger partial charge on any atom is -0.465 e. The van der Waals surface area contributed by atoms with Crippen molar-refractivity contribution in [2.45, 2.75) is 6.43 Å². The molecule has 0 spiro atoms. The fourth-order valence-electron chi connectivity index (χ4n) is 1.03. The Balaban J connectivity index is 3.47. The summed E-state index contributed by atoms with van der Waals surface area (Å²) in [6.07, 6.45) is -3.13. The van der Waals surface area contributed by atoms with Gasteiger partial charge in [0.2, 0.25) is 0 Å². The van der Waals surface area contributed by atoms with Gasteiger partial charge in [-0.3, -0.25) is 9.78 Å². The molecule has 15 heavy (non-hydrogen) atoms. The maximum absolute atomic E-state index is 12.6. The van der Waals surface area contributed by atoms with Gasteiger partial charge in [0.15, 0.2) is 5.95 Å². The number of methoxy groups -OCH3 is 1. The van der Waals surface area contributed by atoms with Gasteiger partial charge < -0.3 is 4.74 Å². The molecule has 0 aliphatic carbocycles. The number of hydrogen-bond acceptors (Lipinski definition) is 3. The number of aromatic amines is 1. The summed E-state index contributed by atoms with van der Waals surface area (Å²) >= 11 is 0. The van der Waals surface area contributed by atoms with Crippen LogP contribution in [0.25, 0.3) is 0 Å². The van der Waals surface area contributed by atoms with Crippen LogP contribution in [0.5, 0.6) is 0 Å². The molecule has 0 aliphatic heterocycles. The number of ether oxygens (including phenoxy) is 1. The van der Waals surface area contributed by atoms with Crippen LogP contribution in [0, 0.1) is 5.95 Å². The molecule has 0 aliphatic rings. The van der Waals surface area contributed by atoms with Crippen LogP contribution in [0.2, 0.25) is 0 Å². The monoisotopic (exact) mass is 221 g/mol. The fraction of sp³-hybridized carbons (Fsp3) is 0.250. The molecule has 0 aromatic carbocycles. The Hall–Kier alpha value is -1.79. The third kappa shape index (κ3) is 2.17. The standard InChI is InChI=1S/C8H6F3NO3/c1-15-8(14)5-3(6(10)11)2-4(9)12-7(5)13/h2,6H,1H3,(H,12,13). The van der Waals surface area contributed by atoms with Crippen LogP contribution in [-0.2, 0) is 4.74 Å². The Labute approximate surface area is 81.7 Å².